The first kappa shape index (κ1) is 30.2. The molecule has 48 heavy (non-hydrogen) atoms. The number of pyridine rings is 1. The molecule has 1 saturated carbocycles. The van der Waals surface area contributed by atoms with Crippen molar-refractivity contribution >= 4 is 56.2 Å². The van der Waals surface area contributed by atoms with E-state index in [0.717, 1.165) is 46.7 Å². The fourth-order valence-electron chi connectivity index (χ4n) is 6.60. The normalized spacial score (nSPS) is 16.3. The van der Waals surface area contributed by atoms with Crippen LogP contribution in [0.1, 0.15) is 46.5 Å². The summed E-state index contributed by atoms with van der Waals surface area (Å²) in [5.74, 6) is 0.955. The zero-order valence-electron chi connectivity index (χ0n) is 26.9. The average molecular weight is 637 g/mol. The van der Waals surface area contributed by atoms with Crippen molar-refractivity contribution < 1.29 is 9.59 Å². The van der Waals surface area contributed by atoms with Crippen molar-refractivity contribution in [2.45, 2.75) is 37.7 Å². The molecule has 8 rings (SSSR count). The maximum absolute atomic E-state index is 12.6. The largest absolute Gasteiger partial charge is 0.366 e. The summed E-state index contributed by atoms with van der Waals surface area (Å²) >= 11 is 0. The first-order valence-electron chi connectivity index (χ1n) is 16.0. The molecular weight excluding hydrogens is 604 g/mol. The third kappa shape index (κ3) is 5.09. The molecule has 5 aromatic rings. The number of amides is 2. The highest BCUT2D eigenvalue weighted by molar-refractivity contribution is 6.39. The number of aryl methyl sites for hydroxylation is 1. The van der Waals surface area contributed by atoms with Crippen LogP contribution in [0, 0.1) is 12.8 Å². The monoisotopic (exact) mass is 637 g/mol. The lowest BCUT2D eigenvalue weighted by Gasteiger charge is -2.50. The summed E-state index contributed by atoms with van der Waals surface area (Å²) in [5.41, 5.74) is 7.30. The van der Waals surface area contributed by atoms with E-state index in [2.05, 4.69) is 53.7 Å². The van der Waals surface area contributed by atoms with Crippen LogP contribution in [0.5, 0.6) is 0 Å². The molecule has 238 valence electrons. The maximum atomic E-state index is 12.6. The van der Waals surface area contributed by atoms with E-state index < -0.39 is 5.34 Å². The number of nitrogens with zero attached hydrogens (tertiary/aromatic N) is 8. The van der Waals surface area contributed by atoms with Gasteiger partial charge in [0.25, 0.3) is 5.91 Å². The van der Waals surface area contributed by atoms with E-state index in [0.29, 0.717) is 42.6 Å². The van der Waals surface area contributed by atoms with Crippen LogP contribution in [-0.2, 0) is 16.7 Å². The summed E-state index contributed by atoms with van der Waals surface area (Å²) in [6.07, 6.45) is 3.75. The standard InChI is InChI=1S/C33H33B2N11O2/c1-18-12-28-40-27(41-31(47)19-10-11-19)13-29(46(28)42-18)39-23-7-4-6-21-22-14-37-45(25(22)17-43(3)30(21)23)20-15-44(16-20)33(34,35)26-9-5-8-24(38-26)32(48)36-2/h4-9,12-14,19-20,39H,10-11,15-17H2,1-3H3,(H,36,48)(H,40,41,47). The molecule has 0 unspecified atom stereocenters. The van der Waals surface area contributed by atoms with Gasteiger partial charge in [-0.2, -0.15) is 14.7 Å². The number of nitrogens with one attached hydrogen (secondary N) is 3. The molecule has 3 aliphatic rings. The number of carbonyl (C=O) groups excluding carboxylic acids is 2. The quantitative estimate of drug-likeness (QED) is 0.220. The summed E-state index contributed by atoms with van der Waals surface area (Å²) in [4.78, 5) is 37.9. The lowest BCUT2D eigenvalue weighted by molar-refractivity contribution is -0.117. The van der Waals surface area contributed by atoms with Gasteiger partial charge in [-0.25, -0.2) is 9.97 Å². The van der Waals surface area contributed by atoms with Crippen LogP contribution >= 0.6 is 0 Å². The molecule has 2 amide bonds. The first-order chi connectivity index (χ1) is 23.1. The molecule has 0 atom stereocenters. The van der Waals surface area contributed by atoms with Gasteiger partial charge in [-0.15, -0.1) is 0 Å². The zero-order chi connectivity index (χ0) is 33.3. The van der Waals surface area contributed by atoms with Crippen molar-refractivity contribution in [2.24, 2.45) is 5.92 Å². The van der Waals surface area contributed by atoms with E-state index in [4.69, 9.17) is 20.8 Å². The molecule has 1 aliphatic carbocycles. The van der Waals surface area contributed by atoms with Gasteiger partial charge < -0.3 is 25.8 Å². The minimum Gasteiger partial charge on any atom is -0.366 e. The van der Waals surface area contributed by atoms with E-state index in [1.807, 2.05) is 42.3 Å². The van der Waals surface area contributed by atoms with E-state index in [1.165, 1.54) is 0 Å². The zero-order valence-corrected chi connectivity index (χ0v) is 26.9. The predicted molar refractivity (Wildman–Crippen MR) is 184 cm³/mol. The smallest absolute Gasteiger partial charge is 0.269 e. The number of aromatic nitrogens is 6. The highest BCUT2D eigenvalue weighted by atomic mass is 16.2. The minimum absolute atomic E-state index is 0.000449. The van der Waals surface area contributed by atoms with Gasteiger partial charge in [0.1, 0.15) is 17.3 Å². The Balaban J connectivity index is 1.05. The van der Waals surface area contributed by atoms with Crippen molar-refractivity contribution in [3.05, 3.63) is 77.5 Å². The first-order valence-corrected chi connectivity index (χ1v) is 16.0. The number of likely N-dealkylation sites (tertiary alicyclic amines) is 1. The van der Waals surface area contributed by atoms with Gasteiger partial charge in [0.2, 0.25) is 5.91 Å². The fraction of sp³-hybridized carbons (Fsp3) is 0.333. The van der Waals surface area contributed by atoms with Gasteiger partial charge in [0, 0.05) is 62.1 Å². The third-order valence-corrected chi connectivity index (χ3v) is 9.36. The third-order valence-electron chi connectivity index (χ3n) is 9.36. The molecule has 0 bridgehead atoms. The summed E-state index contributed by atoms with van der Waals surface area (Å²) in [5, 5.41) is 17.3. The highest BCUT2D eigenvalue weighted by Gasteiger charge is 2.41. The molecule has 15 heteroatoms. The lowest BCUT2D eigenvalue weighted by Crippen LogP contribution is -2.60. The molecule has 1 saturated heterocycles. The average Bonchev–Trinajstić information content (AvgIpc) is 3.72. The van der Waals surface area contributed by atoms with Gasteiger partial charge in [-0.05, 0) is 43.3 Å². The van der Waals surface area contributed by atoms with E-state index in [-0.39, 0.29) is 29.5 Å². The van der Waals surface area contributed by atoms with E-state index in [9.17, 15) is 9.59 Å². The van der Waals surface area contributed by atoms with Crippen LogP contribution in [0.15, 0.2) is 54.7 Å². The topological polar surface area (TPSA) is 138 Å². The second-order valence-corrected chi connectivity index (χ2v) is 12.8. The second kappa shape index (κ2) is 11.2. The van der Waals surface area contributed by atoms with Crippen LogP contribution in [0.25, 0.3) is 16.8 Å². The van der Waals surface area contributed by atoms with Gasteiger partial charge in [-0.3, -0.25) is 14.3 Å². The number of rotatable bonds is 8. The summed E-state index contributed by atoms with van der Waals surface area (Å²) in [6, 6.07) is 15.0. The Kier molecular flexibility index (Phi) is 7.06. The summed E-state index contributed by atoms with van der Waals surface area (Å²) < 4.78 is 3.83. The molecule has 2 aliphatic heterocycles. The minimum atomic E-state index is -1.34. The molecule has 2 fully saturated rings. The summed E-state index contributed by atoms with van der Waals surface area (Å²) in [7, 11) is 16.8. The number of para-hydroxylation sites is 1. The Hall–Kier alpha value is -5.17. The molecule has 0 spiro atoms. The van der Waals surface area contributed by atoms with E-state index in [1.54, 1.807) is 29.8 Å². The van der Waals surface area contributed by atoms with Crippen LogP contribution in [0.3, 0.4) is 0 Å². The highest BCUT2D eigenvalue weighted by Crippen LogP contribution is 2.45. The molecular formula is C33H33B2N11O2. The number of hydrogen-bond donors (Lipinski definition) is 3. The number of benzene rings is 1. The summed E-state index contributed by atoms with van der Waals surface area (Å²) in [6.45, 7) is 3.71. The Morgan fingerprint density at radius 1 is 1.02 bits per heavy atom. The molecule has 4 radical (unpaired) electrons. The van der Waals surface area contributed by atoms with Crippen LogP contribution in [0.2, 0.25) is 0 Å². The Labute approximate surface area is 279 Å². The lowest BCUT2D eigenvalue weighted by atomic mass is 9.57. The Morgan fingerprint density at radius 2 is 1.81 bits per heavy atom. The van der Waals surface area contributed by atoms with Crippen LogP contribution in [-0.4, -0.2) is 89.0 Å². The Bertz CT molecular complexity index is 2100. The number of carbonyl (C=O) groups is 2. The van der Waals surface area contributed by atoms with Gasteiger partial charge in [0.05, 0.1) is 57.2 Å². The van der Waals surface area contributed by atoms with Crippen molar-refractivity contribution in [3.8, 4) is 11.1 Å². The van der Waals surface area contributed by atoms with Gasteiger partial charge in [0.15, 0.2) is 5.65 Å². The molecule has 6 heterocycles. The van der Waals surface area contributed by atoms with Crippen LogP contribution in [0.4, 0.5) is 23.0 Å². The fourth-order valence-corrected chi connectivity index (χ4v) is 6.60. The number of hydrogen-bond acceptors (Lipinski definition) is 9. The number of anilines is 4. The van der Waals surface area contributed by atoms with Crippen LogP contribution < -0.4 is 20.9 Å². The maximum Gasteiger partial charge on any atom is 0.269 e. The van der Waals surface area contributed by atoms with Crippen molar-refractivity contribution in [1.29, 1.82) is 0 Å². The van der Waals surface area contributed by atoms with E-state index >= 15 is 0 Å². The van der Waals surface area contributed by atoms with Gasteiger partial charge in [-0.1, -0.05) is 18.2 Å². The SMILES string of the molecule is [B]C([B])(c1cccc(C(=O)NC)n1)N1CC(n2ncc3c2CN(C)c2c(Nc4cc(NC(=O)C5CC5)nc5cc(C)nn45)cccc2-3)C1. The predicted octanol–water partition coefficient (Wildman–Crippen LogP) is 2.70. The number of fused-ring (bicyclic) bond motifs is 4. The molecule has 1 aromatic carbocycles. The van der Waals surface area contributed by atoms with Crippen molar-refractivity contribution in [1.82, 2.24) is 39.6 Å². The van der Waals surface area contributed by atoms with Crippen molar-refractivity contribution in [3.63, 3.8) is 0 Å². The molecule has 13 nitrogen and oxygen atoms in total. The molecule has 3 N–H and O–H groups in total. The molecule has 4 aromatic heterocycles. The van der Waals surface area contributed by atoms with Gasteiger partial charge >= 0.3 is 0 Å². The van der Waals surface area contributed by atoms with Crippen molar-refractivity contribution in [2.75, 3.05) is 42.7 Å². The second-order valence-electron chi connectivity index (χ2n) is 12.8. The Morgan fingerprint density at radius 3 is 2.58 bits per heavy atom.